The predicted molar refractivity (Wildman–Crippen MR) is 209 cm³/mol. The Bertz CT molecular complexity index is 1760. The van der Waals surface area contributed by atoms with Crippen LogP contribution in [0.3, 0.4) is 0 Å². The lowest BCUT2D eigenvalue weighted by atomic mass is 9.81. The molecule has 2 aliphatic rings. The van der Waals surface area contributed by atoms with Gasteiger partial charge in [-0.05, 0) is 37.1 Å². The van der Waals surface area contributed by atoms with Crippen molar-refractivity contribution in [3.8, 4) is 23.7 Å². The highest BCUT2D eigenvalue weighted by Gasteiger charge is 2.44. The maximum atomic E-state index is 14.0. The summed E-state index contributed by atoms with van der Waals surface area (Å²) in [5.74, 6) is -0.121. The highest BCUT2D eigenvalue weighted by Crippen LogP contribution is 2.38. The number of carbonyl (C=O) groups excluding carboxylic acids is 1. The third-order valence-corrected chi connectivity index (χ3v) is 9.27. The van der Waals surface area contributed by atoms with E-state index in [1.165, 1.54) is 7.11 Å². The molecule has 0 unspecified atom stereocenters. The van der Waals surface area contributed by atoms with E-state index in [1.54, 1.807) is 25.3 Å². The molecule has 2 aliphatic heterocycles. The Hall–Kier alpha value is -4.08. The monoisotopic (exact) mass is 828 g/mol. The van der Waals surface area contributed by atoms with E-state index in [0.29, 0.717) is 50.8 Å². The number of aromatic nitrogens is 3. The summed E-state index contributed by atoms with van der Waals surface area (Å²) < 4.78 is 62.2. The van der Waals surface area contributed by atoms with Gasteiger partial charge in [0.2, 0.25) is 17.6 Å². The molecule has 300 valence electrons. The fraction of sp³-hybridized carbons (Fsp3) is 0.421. The van der Waals surface area contributed by atoms with Crippen molar-refractivity contribution in [3.05, 3.63) is 101 Å². The highest BCUT2D eigenvalue weighted by atomic mass is 35.5. The van der Waals surface area contributed by atoms with Gasteiger partial charge in [0.05, 0.1) is 25.9 Å². The van der Waals surface area contributed by atoms with Crippen LogP contribution in [0.5, 0.6) is 23.7 Å². The zero-order chi connectivity index (χ0) is 36.7. The first-order valence-corrected chi connectivity index (χ1v) is 17.4. The number of alkyl halides is 3. The second-order valence-electron chi connectivity index (χ2n) is 12.6. The molecule has 2 atom stereocenters. The molecule has 11 nitrogen and oxygen atoms in total. The van der Waals surface area contributed by atoms with Crippen molar-refractivity contribution in [1.29, 1.82) is 0 Å². The van der Waals surface area contributed by atoms with Gasteiger partial charge in [0, 0.05) is 63.5 Å². The number of pyridine rings is 1. The second kappa shape index (κ2) is 20.7. The number of hydrogen-bond acceptors (Lipinski definition) is 10. The average Bonchev–Trinajstić information content (AvgIpc) is 3.15. The van der Waals surface area contributed by atoms with E-state index in [-0.39, 0.29) is 97.6 Å². The van der Waals surface area contributed by atoms with Gasteiger partial charge in [0.15, 0.2) is 6.61 Å². The van der Waals surface area contributed by atoms with E-state index in [2.05, 4.69) is 49.0 Å². The molecule has 0 radical (unpaired) electrons. The van der Waals surface area contributed by atoms with Gasteiger partial charge in [0.25, 0.3) is 5.91 Å². The lowest BCUT2D eigenvalue weighted by Gasteiger charge is -2.53. The fourth-order valence-corrected chi connectivity index (χ4v) is 7.17. The molecule has 2 aromatic carbocycles. The fourth-order valence-electron chi connectivity index (χ4n) is 7.17. The summed E-state index contributed by atoms with van der Waals surface area (Å²) in [6.45, 7) is 5.31. The van der Waals surface area contributed by atoms with Crippen LogP contribution in [0.2, 0.25) is 0 Å². The number of rotatable bonds is 13. The van der Waals surface area contributed by atoms with Crippen molar-refractivity contribution in [2.24, 2.45) is 0 Å². The van der Waals surface area contributed by atoms with Crippen LogP contribution in [-0.2, 0) is 6.54 Å². The van der Waals surface area contributed by atoms with E-state index in [4.69, 9.17) is 18.9 Å². The maximum Gasteiger partial charge on any atom is 0.422 e. The number of nitrogens with zero attached hydrogens (tertiary/aromatic N) is 6. The van der Waals surface area contributed by atoms with Gasteiger partial charge in [-0.1, -0.05) is 60.7 Å². The molecule has 4 heterocycles. The van der Waals surface area contributed by atoms with Gasteiger partial charge in [-0.25, -0.2) is 4.98 Å². The number of fused-ring (bicyclic) bond motifs is 1. The minimum atomic E-state index is -4.59. The first-order chi connectivity index (χ1) is 25.2. The topological polar surface area (TPSA) is 102 Å². The van der Waals surface area contributed by atoms with Crippen molar-refractivity contribution in [1.82, 2.24) is 29.7 Å². The van der Waals surface area contributed by atoms with Crippen molar-refractivity contribution in [3.63, 3.8) is 0 Å². The Morgan fingerprint density at radius 1 is 0.800 bits per heavy atom. The number of benzene rings is 2. The molecule has 0 saturated carbocycles. The zero-order valence-electron chi connectivity index (χ0n) is 30.7. The molecule has 2 fully saturated rings. The lowest BCUT2D eigenvalue weighted by molar-refractivity contribution is -0.154. The summed E-state index contributed by atoms with van der Waals surface area (Å²) in [5, 5.41) is 0. The van der Waals surface area contributed by atoms with Crippen molar-refractivity contribution in [2.75, 3.05) is 59.7 Å². The number of hydrogen-bond donors (Lipinski definition) is 0. The van der Waals surface area contributed by atoms with Crippen molar-refractivity contribution in [2.45, 2.75) is 44.6 Å². The van der Waals surface area contributed by atoms with E-state index in [9.17, 15) is 18.0 Å². The molecular weight excluding hydrogens is 784 g/mol. The molecule has 6 rings (SSSR count). The smallest absolute Gasteiger partial charge is 0.422 e. The third kappa shape index (κ3) is 11.0. The van der Waals surface area contributed by atoms with Crippen LogP contribution in [0.4, 0.5) is 13.2 Å². The number of piperazine rings is 2. The van der Waals surface area contributed by atoms with Crippen LogP contribution in [0.1, 0.15) is 46.8 Å². The number of halogens is 6. The molecule has 0 bridgehead atoms. The summed E-state index contributed by atoms with van der Waals surface area (Å²) >= 11 is 0. The number of methoxy groups -OCH3 is 1. The van der Waals surface area contributed by atoms with E-state index >= 15 is 0 Å². The third-order valence-electron chi connectivity index (χ3n) is 9.27. The van der Waals surface area contributed by atoms with Gasteiger partial charge in [0.1, 0.15) is 5.56 Å². The van der Waals surface area contributed by atoms with Gasteiger partial charge >= 0.3 is 12.2 Å². The Morgan fingerprint density at radius 2 is 1.44 bits per heavy atom. The minimum Gasteiger partial charge on any atom is -0.481 e. The van der Waals surface area contributed by atoms with E-state index < -0.39 is 12.8 Å². The molecule has 0 N–H and O–H groups in total. The predicted octanol–water partition coefficient (Wildman–Crippen LogP) is 6.73. The standard InChI is InChI=1S/C38H43F3N6O5.3ClH/c1-4-50-33-29(17-12-18-42-33)36(48)46-19-20-47-28(22-46)21-45(24-31(47)32(26-13-8-6-9-14-26)27-15-10-7-11-16-27)23-30-34(49-3)43-37(51-5-2)44-35(30)52-25-38(39,40)41;;;/h6-18,28,31-32H,4-5,19-25H2,1-3H3;3*1H/t28-,31+;;;/m1.../s1. The molecule has 2 aromatic heterocycles. The Morgan fingerprint density at radius 3 is 2.04 bits per heavy atom. The maximum absolute atomic E-state index is 14.0. The zero-order valence-corrected chi connectivity index (χ0v) is 33.1. The quantitative estimate of drug-likeness (QED) is 0.144. The summed E-state index contributed by atoms with van der Waals surface area (Å²) in [6.07, 6.45) is -2.99. The van der Waals surface area contributed by atoms with Gasteiger partial charge in [-0.3, -0.25) is 14.6 Å². The molecule has 1 amide bonds. The summed E-state index contributed by atoms with van der Waals surface area (Å²) in [4.78, 5) is 33.3. The van der Waals surface area contributed by atoms with Crippen LogP contribution < -0.4 is 18.9 Å². The largest absolute Gasteiger partial charge is 0.481 e. The van der Waals surface area contributed by atoms with Crippen molar-refractivity contribution >= 4 is 43.1 Å². The van der Waals surface area contributed by atoms with Crippen LogP contribution in [0, 0.1) is 0 Å². The Kier molecular flexibility index (Phi) is 17.1. The average molecular weight is 830 g/mol. The SMILES string of the molecule is CCOc1nc(OC)c(CN2C[C@@H]3CN(C(=O)c4cccnc4OCC)CCN3[C@H](C(c3ccccc3)c3ccccc3)C2)c(OCC(F)(F)F)n1.Cl.Cl.Cl. The van der Waals surface area contributed by atoms with Crippen LogP contribution >= 0.6 is 37.2 Å². The van der Waals surface area contributed by atoms with Gasteiger partial charge < -0.3 is 23.8 Å². The van der Waals surface area contributed by atoms with Crippen LogP contribution in [-0.4, -0.2) is 113 Å². The highest BCUT2D eigenvalue weighted by molar-refractivity contribution is 5.96. The van der Waals surface area contributed by atoms with E-state index in [0.717, 1.165) is 11.1 Å². The first kappa shape index (κ1) is 45.3. The molecule has 17 heteroatoms. The van der Waals surface area contributed by atoms with Crippen LogP contribution in [0.15, 0.2) is 79.0 Å². The Labute approximate surface area is 337 Å². The first-order valence-electron chi connectivity index (χ1n) is 17.4. The molecule has 0 spiro atoms. The minimum absolute atomic E-state index is 0. The number of amides is 1. The molecule has 55 heavy (non-hydrogen) atoms. The van der Waals surface area contributed by atoms with Crippen molar-refractivity contribution < 1.29 is 36.9 Å². The molecular formula is C38H46Cl3F3N6O5. The summed E-state index contributed by atoms with van der Waals surface area (Å²) in [7, 11) is 1.40. The number of carbonyl (C=O) groups is 1. The molecule has 2 saturated heterocycles. The summed E-state index contributed by atoms with van der Waals surface area (Å²) in [5.41, 5.74) is 2.94. The van der Waals surface area contributed by atoms with Gasteiger partial charge in [-0.2, -0.15) is 23.1 Å². The van der Waals surface area contributed by atoms with E-state index in [1.807, 2.05) is 48.2 Å². The molecule has 0 aliphatic carbocycles. The van der Waals surface area contributed by atoms with Gasteiger partial charge in [-0.15, -0.1) is 37.2 Å². The molecule has 4 aromatic rings. The summed E-state index contributed by atoms with van der Waals surface area (Å²) in [6, 6.07) is 23.7. The normalized spacial score (nSPS) is 17.2. The van der Waals surface area contributed by atoms with Crippen LogP contribution in [0.25, 0.3) is 0 Å². The second-order valence-corrected chi connectivity index (χ2v) is 12.6. The Balaban J connectivity index is 0.00000271. The number of ether oxygens (including phenoxy) is 4. The lowest BCUT2D eigenvalue weighted by Crippen LogP contribution is -2.67.